The van der Waals surface area contributed by atoms with E-state index in [0.29, 0.717) is 11.5 Å². The fourth-order valence-corrected chi connectivity index (χ4v) is 8.61. The third kappa shape index (κ3) is 5.67. The molecule has 0 aliphatic carbocycles. The lowest BCUT2D eigenvalue weighted by Crippen LogP contribution is -2.09. The Bertz CT molecular complexity index is 3430. The summed E-state index contributed by atoms with van der Waals surface area (Å²) in [6.45, 7) is 0. The van der Waals surface area contributed by atoms with Gasteiger partial charge in [0.1, 0.15) is 27.8 Å². The van der Waals surface area contributed by atoms with Gasteiger partial charge in [-0.25, -0.2) is 4.98 Å². The van der Waals surface area contributed by atoms with E-state index in [4.69, 9.17) is 18.2 Å². The molecule has 0 spiro atoms. The first-order chi connectivity index (χ1) is 29.7. The van der Waals surface area contributed by atoms with Gasteiger partial charge in [0.2, 0.25) is 5.89 Å². The van der Waals surface area contributed by atoms with Crippen molar-refractivity contribution in [3.8, 4) is 44.8 Å². The summed E-state index contributed by atoms with van der Waals surface area (Å²) in [6, 6.07) is 71.8. The first-order valence-electron chi connectivity index (χ1n) is 20.1. The average molecular weight is 771 g/mol. The number of para-hydroxylation sites is 1. The molecule has 0 aliphatic rings. The monoisotopic (exact) mass is 770 g/mol. The van der Waals surface area contributed by atoms with Crippen LogP contribution in [-0.2, 0) is 0 Å². The van der Waals surface area contributed by atoms with E-state index in [1.54, 1.807) is 0 Å². The number of nitrogens with zero attached hydrogens (tertiary/aromatic N) is 2. The second kappa shape index (κ2) is 13.8. The van der Waals surface area contributed by atoms with Crippen molar-refractivity contribution in [1.82, 2.24) is 4.98 Å². The van der Waals surface area contributed by atoms with Gasteiger partial charge in [0, 0.05) is 38.8 Å². The lowest BCUT2D eigenvalue weighted by Gasteiger charge is -2.26. The summed E-state index contributed by atoms with van der Waals surface area (Å²) in [4.78, 5) is 7.28. The number of anilines is 3. The fraction of sp³-hybridized carbons (Fsp3) is 0. The smallest absolute Gasteiger partial charge is 0.228 e. The molecule has 0 radical (unpaired) electrons. The second-order valence-corrected chi connectivity index (χ2v) is 15.1. The van der Waals surface area contributed by atoms with Crippen LogP contribution < -0.4 is 4.90 Å². The van der Waals surface area contributed by atoms with Crippen LogP contribution in [0.4, 0.5) is 17.1 Å². The van der Waals surface area contributed by atoms with Gasteiger partial charge in [-0.15, -0.1) is 0 Å². The van der Waals surface area contributed by atoms with Crippen molar-refractivity contribution >= 4 is 72.0 Å². The molecule has 0 saturated carbocycles. The van der Waals surface area contributed by atoms with Crippen molar-refractivity contribution in [2.75, 3.05) is 4.90 Å². The van der Waals surface area contributed by atoms with Crippen LogP contribution in [0.5, 0.6) is 0 Å². The Morgan fingerprint density at radius 1 is 0.333 bits per heavy atom. The van der Waals surface area contributed by atoms with Crippen LogP contribution in [0.1, 0.15) is 0 Å². The highest BCUT2D eigenvalue weighted by Crippen LogP contribution is 2.42. The molecule has 5 heteroatoms. The maximum Gasteiger partial charge on any atom is 0.228 e. The second-order valence-electron chi connectivity index (χ2n) is 15.1. The number of hydrogen-bond acceptors (Lipinski definition) is 5. The minimum absolute atomic E-state index is 0.550. The maximum absolute atomic E-state index is 6.62. The van der Waals surface area contributed by atoms with Gasteiger partial charge in [0.05, 0.1) is 5.39 Å². The molecule has 12 rings (SSSR count). The summed E-state index contributed by atoms with van der Waals surface area (Å²) in [7, 11) is 0. The highest BCUT2D eigenvalue weighted by Gasteiger charge is 2.21. The van der Waals surface area contributed by atoms with Gasteiger partial charge >= 0.3 is 0 Å². The normalized spacial score (nSPS) is 11.7. The lowest BCUT2D eigenvalue weighted by atomic mass is 10.0. The van der Waals surface area contributed by atoms with Gasteiger partial charge < -0.3 is 18.2 Å². The maximum atomic E-state index is 6.62. The van der Waals surface area contributed by atoms with Crippen LogP contribution in [0.25, 0.3) is 99.8 Å². The molecular formula is C55H34N2O3. The van der Waals surface area contributed by atoms with Crippen molar-refractivity contribution in [3.05, 3.63) is 206 Å². The SMILES string of the molecule is c1ccc(-c2ccc(N(c3ccc(-c4ccccc4)cc3)c3ccc(-c4ccc5c(c4)oc4ccc6nc(-c7cccc8oc9ccccc9c78)oc6c45)cc3)cc2)cc1. The zero-order valence-electron chi connectivity index (χ0n) is 32.2. The van der Waals surface area contributed by atoms with E-state index in [-0.39, 0.29) is 0 Å². The molecule has 0 atom stereocenters. The van der Waals surface area contributed by atoms with Crippen LogP contribution in [0.15, 0.2) is 220 Å². The van der Waals surface area contributed by atoms with E-state index >= 15 is 0 Å². The van der Waals surface area contributed by atoms with Gasteiger partial charge in [-0.1, -0.05) is 127 Å². The Morgan fingerprint density at radius 2 is 0.833 bits per heavy atom. The first kappa shape index (κ1) is 33.9. The molecule has 3 aromatic heterocycles. The standard InChI is InChI=1S/C55H34N2O3/c1-3-10-35(11-4-1)37-18-25-41(26-19-37)57(42-27-20-38(21-28-42)36-12-5-2-6-13-36)43-29-22-39(23-30-43)40-24-31-45-51(34-40)59-50-33-32-47-54(53(45)50)60-55(56-47)46-15-9-17-49-52(46)44-14-7-8-16-48(44)58-49/h1-34H. The third-order valence-corrected chi connectivity index (χ3v) is 11.5. The van der Waals surface area contributed by atoms with E-state index in [2.05, 4.69) is 150 Å². The van der Waals surface area contributed by atoms with E-state index in [1.807, 2.05) is 60.7 Å². The molecular weight excluding hydrogens is 737 g/mol. The molecule has 0 fully saturated rings. The predicted octanol–water partition coefficient (Wildman–Crippen LogP) is 15.8. The lowest BCUT2D eigenvalue weighted by molar-refractivity contribution is 0.622. The molecule has 9 aromatic carbocycles. The molecule has 0 saturated heterocycles. The Balaban J connectivity index is 0.900. The molecule has 3 heterocycles. The number of furan rings is 2. The number of benzene rings is 9. The summed E-state index contributed by atoms with van der Waals surface area (Å²) in [5, 5.41) is 3.93. The Morgan fingerprint density at radius 3 is 1.48 bits per heavy atom. The van der Waals surface area contributed by atoms with Gasteiger partial charge in [0.25, 0.3) is 0 Å². The van der Waals surface area contributed by atoms with Crippen LogP contribution in [-0.4, -0.2) is 4.98 Å². The van der Waals surface area contributed by atoms with E-state index in [9.17, 15) is 0 Å². The van der Waals surface area contributed by atoms with Crippen molar-refractivity contribution in [3.63, 3.8) is 0 Å². The zero-order chi connectivity index (χ0) is 39.6. The van der Waals surface area contributed by atoms with Crippen LogP contribution in [0.2, 0.25) is 0 Å². The van der Waals surface area contributed by atoms with Crippen molar-refractivity contribution < 1.29 is 13.3 Å². The highest BCUT2D eigenvalue weighted by molar-refractivity contribution is 6.17. The van der Waals surface area contributed by atoms with E-state index < -0.39 is 0 Å². The summed E-state index contributed by atoms with van der Waals surface area (Å²) in [5.41, 5.74) is 15.7. The minimum Gasteiger partial charge on any atom is -0.456 e. The summed E-state index contributed by atoms with van der Waals surface area (Å²) in [6.07, 6.45) is 0. The molecule has 0 bridgehead atoms. The highest BCUT2D eigenvalue weighted by atomic mass is 16.4. The van der Waals surface area contributed by atoms with Crippen LogP contribution in [0.3, 0.4) is 0 Å². The summed E-state index contributed by atoms with van der Waals surface area (Å²) in [5.74, 6) is 0.550. The number of oxazole rings is 1. The van der Waals surface area contributed by atoms with E-state index in [1.165, 1.54) is 22.3 Å². The number of rotatable bonds is 7. The van der Waals surface area contributed by atoms with Crippen LogP contribution >= 0.6 is 0 Å². The zero-order valence-corrected chi connectivity index (χ0v) is 32.2. The summed E-state index contributed by atoms with van der Waals surface area (Å²) >= 11 is 0. The Hall–Kier alpha value is -8.15. The number of fused-ring (bicyclic) bond motifs is 8. The Labute approximate surface area is 345 Å². The molecule has 0 aliphatic heterocycles. The molecule has 60 heavy (non-hydrogen) atoms. The molecule has 12 aromatic rings. The quantitative estimate of drug-likeness (QED) is 0.162. The van der Waals surface area contributed by atoms with Gasteiger partial charge in [0.15, 0.2) is 5.58 Å². The fourth-order valence-electron chi connectivity index (χ4n) is 8.61. The molecule has 0 N–H and O–H groups in total. The largest absolute Gasteiger partial charge is 0.456 e. The van der Waals surface area contributed by atoms with E-state index in [0.717, 1.165) is 83.1 Å². The van der Waals surface area contributed by atoms with Crippen molar-refractivity contribution in [2.45, 2.75) is 0 Å². The van der Waals surface area contributed by atoms with Gasteiger partial charge in [-0.3, -0.25) is 0 Å². The summed E-state index contributed by atoms with van der Waals surface area (Å²) < 4.78 is 19.3. The topological polar surface area (TPSA) is 55.6 Å². The number of hydrogen-bond donors (Lipinski definition) is 0. The molecule has 5 nitrogen and oxygen atoms in total. The van der Waals surface area contributed by atoms with Crippen molar-refractivity contribution in [1.29, 1.82) is 0 Å². The average Bonchev–Trinajstić information content (AvgIpc) is 4.04. The van der Waals surface area contributed by atoms with Gasteiger partial charge in [-0.05, 0) is 112 Å². The van der Waals surface area contributed by atoms with Crippen molar-refractivity contribution in [2.24, 2.45) is 0 Å². The minimum atomic E-state index is 0.550. The molecule has 0 unspecified atom stereocenters. The Kier molecular flexibility index (Phi) is 7.78. The molecule has 282 valence electrons. The first-order valence-corrected chi connectivity index (χ1v) is 20.1. The van der Waals surface area contributed by atoms with Crippen LogP contribution in [0, 0.1) is 0 Å². The van der Waals surface area contributed by atoms with Gasteiger partial charge in [-0.2, -0.15) is 0 Å². The predicted molar refractivity (Wildman–Crippen MR) is 245 cm³/mol. The molecule has 0 amide bonds. The third-order valence-electron chi connectivity index (χ3n) is 11.5. The number of aromatic nitrogens is 1.